The van der Waals surface area contributed by atoms with Crippen LogP contribution in [-0.2, 0) is 16.6 Å². The Balaban J connectivity index is 1.90. The normalized spacial score (nSPS) is 15.6. The van der Waals surface area contributed by atoms with Crippen LogP contribution in [0.25, 0.3) is 0 Å². The molecular formula is C20H26N2O3S3. The minimum absolute atomic E-state index is 0.0655. The van der Waals surface area contributed by atoms with E-state index < -0.39 is 10.0 Å². The van der Waals surface area contributed by atoms with Crippen LogP contribution < -0.4 is 0 Å². The summed E-state index contributed by atoms with van der Waals surface area (Å²) >= 11 is 3.00. The first kappa shape index (κ1) is 21.4. The molecule has 3 rings (SSSR count). The van der Waals surface area contributed by atoms with Crippen LogP contribution in [0.4, 0.5) is 0 Å². The second kappa shape index (κ2) is 9.43. The molecule has 1 aromatic carbocycles. The minimum Gasteiger partial charge on any atom is -0.339 e. The van der Waals surface area contributed by atoms with E-state index in [2.05, 4.69) is 0 Å². The maximum Gasteiger partial charge on any atom is 0.255 e. The lowest BCUT2D eigenvalue weighted by Crippen LogP contribution is -2.32. The number of sulfonamides is 1. The summed E-state index contributed by atoms with van der Waals surface area (Å²) in [6, 6.07) is 8.74. The lowest BCUT2D eigenvalue weighted by Gasteiger charge is -2.22. The van der Waals surface area contributed by atoms with E-state index in [4.69, 9.17) is 0 Å². The van der Waals surface area contributed by atoms with Crippen molar-refractivity contribution in [2.75, 3.05) is 26.4 Å². The predicted molar refractivity (Wildman–Crippen MR) is 116 cm³/mol. The molecule has 0 saturated carbocycles. The highest BCUT2D eigenvalue weighted by Gasteiger charge is 2.26. The summed E-state index contributed by atoms with van der Waals surface area (Å²) in [5, 5.41) is 1.93. The first-order valence-electron chi connectivity index (χ1n) is 9.39. The van der Waals surface area contributed by atoms with Gasteiger partial charge in [0.2, 0.25) is 10.0 Å². The maximum absolute atomic E-state index is 13.1. The fraction of sp³-hybridized carbons (Fsp3) is 0.450. The van der Waals surface area contributed by atoms with Crippen molar-refractivity contribution in [3.8, 4) is 0 Å². The van der Waals surface area contributed by atoms with Crippen molar-refractivity contribution in [1.29, 1.82) is 0 Å². The van der Waals surface area contributed by atoms with Crippen LogP contribution in [0.3, 0.4) is 0 Å². The first-order chi connectivity index (χ1) is 13.4. The van der Waals surface area contributed by atoms with Gasteiger partial charge in [-0.1, -0.05) is 18.9 Å². The van der Waals surface area contributed by atoms with Crippen LogP contribution in [0.5, 0.6) is 0 Å². The van der Waals surface area contributed by atoms with Crippen LogP contribution in [0.2, 0.25) is 0 Å². The monoisotopic (exact) mass is 438 g/mol. The molecule has 1 aliphatic heterocycles. The van der Waals surface area contributed by atoms with Gasteiger partial charge in [-0.3, -0.25) is 4.79 Å². The van der Waals surface area contributed by atoms with Crippen molar-refractivity contribution < 1.29 is 13.2 Å². The lowest BCUT2D eigenvalue weighted by atomic mass is 10.2. The Labute approximate surface area is 175 Å². The van der Waals surface area contributed by atoms with Gasteiger partial charge in [-0.25, -0.2) is 8.42 Å². The number of amides is 1. The average molecular weight is 439 g/mol. The molecule has 1 saturated heterocycles. The lowest BCUT2D eigenvalue weighted by molar-refractivity contribution is 0.0758. The zero-order valence-corrected chi connectivity index (χ0v) is 18.7. The third-order valence-corrected chi connectivity index (χ3v) is 8.42. The largest absolute Gasteiger partial charge is 0.339 e. The highest BCUT2D eigenvalue weighted by molar-refractivity contribution is 7.98. The average Bonchev–Trinajstić information content (AvgIpc) is 3.05. The molecule has 28 heavy (non-hydrogen) atoms. The number of likely N-dealkylation sites (tertiary alicyclic amines) is 1. The van der Waals surface area contributed by atoms with Crippen molar-refractivity contribution in [1.82, 2.24) is 9.21 Å². The number of benzene rings is 1. The van der Waals surface area contributed by atoms with Gasteiger partial charge in [-0.15, -0.1) is 23.1 Å². The van der Waals surface area contributed by atoms with E-state index in [-0.39, 0.29) is 10.8 Å². The van der Waals surface area contributed by atoms with Gasteiger partial charge >= 0.3 is 0 Å². The third-order valence-electron chi connectivity index (χ3n) is 4.96. The van der Waals surface area contributed by atoms with Gasteiger partial charge < -0.3 is 4.90 Å². The fourth-order valence-corrected chi connectivity index (χ4v) is 5.93. The molecule has 5 nitrogen and oxygen atoms in total. The smallest absolute Gasteiger partial charge is 0.255 e. The van der Waals surface area contributed by atoms with Gasteiger partial charge in [0.05, 0.1) is 10.5 Å². The Bertz CT molecular complexity index is 903. The molecular weight excluding hydrogens is 412 g/mol. The molecule has 1 fully saturated rings. The molecule has 2 aromatic rings. The summed E-state index contributed by atoms with van der Waals surface area (Å²) < 4.78 is 27.5. The number of thiophene rings is 1. The van der Waals surface area contributed by atoms with Crippen molar-refractivity contribution in [3.63, 3.8) is 0 Å². The molecule has 0 spiro atoms. The molecule has 0 atom stereocenters. The summed E-state index contributed by atoms with van der Waals surface area (Å²) in [4.78, 5) is 17.0. The second-order valence-corrected chi connectivity index (χ2v) is 10.8. The standard InChI is InChI=1S/C20H26N2O3S3/c1-21(15-16-8-7-13-27-16)28(24,25)17-9-10-19(26-2)18(14-17)20(23)22-11-5-3-4-6-12-22/h7-10,13-14H,3-6,11-12,15H2,1-2H3. The van der Waals surface area contributed by atoms with Crippen molar-refractivity contribution in [2.45, 2.75) is 42.0 Å². The van der Waals surface area contributed by atoms with E-state index in [9.17, 15) is 13.2 Å². The van der Waals surface area contributed by atoms with E-state index in [0.29, 0.717) is 12.1 Å². The van der Waals surface area contributed by atoms with E-state index in [1.54, 1.807) is 25.2 Å². The molecule has 1 aromatic heterocycles. The Hall–Kier alpha value is -1.35. The summed E-state index contributed by atoms with van der Waals surface area (Å²) in [6.07, 6.45) is 6.19. The number of nitrogens with zero attached hydrogens (tertiary/aromatic N) is 2. The summed E-state index contributed by atoms with van der Waals surface area (Å²) in [5.74, 6) is -0.0655. The quantitative estimate of drug-likeness (QED) is 0.631. The van der Waals surface area contributed by atoms with Gasteiger partial charge in [-0.2, -0.15) is 4.31 Å². The van der Waals surface area contributed by atoms with Crippen molar-refractivity contribution in [2.24, 2.45) is 0 Å². The van der Waals surface area contributed by atoms with Crippen molar-refractivity contribution >= 4 is 39.0 Å². The molecule has 0 N–H and O–H groups in total. The van der Waals surface area contributed by atoms with Crippen molar-refractivity contribution in [3.05, 3.63) is 46.2 Å². The predicted octanol–water partition coefficient (Wildman–Crippen LogP) is 4.31. The Morgan fingerprint density at radius 3 is 2.50 bits per heavy atom. The summed E-state index contributed by atoms with van der Waals surface area (Å²) in [7, 11) is -2.10. The van der Waals surface area contributed by atoms with Gasteiger partial charge in [0.25, 0.3) is 5.91 Å². The number of rotatable bonds is 6. The molecule has 1 amide bonds. The van der Waals surface area contributed by atoms with E-state index in [1.807, 2.05) is 28.7 Å². The molecule has 1 aliphatic rings. The number of hydrogen-bond acceptors (Lipinski definition) is 5. The molecule has 0 unspecified atom stereocenters. The molecule has 152 valence electrons. The van der Waals surface area contributed by atoms with E-state index in [0.717, 1.165) is 48.5 Å². The minimum atomic E-state index is -3.67. The van der Waals surface area contributed by atoms with Gasteiger partial charge in [0.1, 0.15) is 0 Å². The van der Waals surface area contributed by atoms with Gasteiger partial charge in [-0.05, 0) is 48.7 Å². The molecule has 0 aliphatic carbocycles. The molecule has 0 radical (unpaired) electrons. The second-order valence-electron chi connectivity index (χ2n) is 6.91. The molecule has 8 heteroatoms. The first-order valence-corrected chi connectivity index (χ1v) is 12.9. The van der Waals surface area contributed by atoms with Crippen LogP contribution in [-0.4, -0.2) is 49.9 Å². The Morgan fingerprint density at radius 1 is 1.18 bits per heavy atom. The Morgan fingerprint density at radius 2 is 1.89 bits per heavy atom. The molecule has 2 heterocycles. The topological polar surface area (TPSA) is 57.7 Å². The third kappa shape index (κ3) is 4.79. The highest BCUT2D eigenvalue weighted by atomic mass is 32.2. The van der Waals surface area contributed by atoms with Gasteiger partial charge in [0, 0.05) is 36.5 Å². The number of carbonyl (C=O) groups excluding carboxylic acids is 1. The SMILES string of the molecule is CSc1ccc(S(=O)(=O)N(C)Cc2cccs2)cc1C(=O)N1CCCCCC1. The zero-order valence-electron chi connectivity index (χ0n) is 16.3. The molecule has 0 bridgehead atoms. The van der Waals surface area contributed by atoms with Crippen LogP contribution >= 0.6 is 23.1 Å². The van der Waals surface area contributed by atoms with E-state index in [1.165, 1.54) is 27.4 Å². The number of hydrogen-bond donors (Lipinski definition) is 0. The number of thioether (sulfide) groups is 1. The highest BCUT2D eigenvalue weighted by Crippen LogP contribution is 2.28. The zero-order chi connectivity index (χ0) is 20.1. The number of carbonyl (C=O) groups is 1. The van der Waals surface area contributed by atoms with Gasteiger partial charge in [0.15, 0.2) is 0 Å². The van der Waals surface area contributed by atoms with Crippen LogP contribution in [0.15, 0.2) is 45.5 Å². The summed E-state index contributed by atoms with van der Waals surface area (Å²) in [6.45, 7) is 1.80. The Kier molecular flexibility index (Phi) is 7.20. The van der Waals surface area contributed by atoms with E-state index >= 15 is 0 Å². The maximum atomic E-state index is 13.1. The fourth-order valence-electron chi connectivity index (χ4n) is 3.35. The summed E-state index contributed by atoms with van der Waals surface area (Å²) in [5.41, 5.74) is 0.486. The van der Waals surface area contributed by atoms with Crippen LogP contribution in [0.1, 0.15) is 40.9 Å². The van der Waals surface area contributed by atoms with Crippen LogP contribution in [0, 0.1) is 0 Å².